The Morgan fingerprint density at radius 1 is 0.718 bits per heavy atom. The first-order valence-corrected chi connectivity index (χ1v) is 23.2. The van der Waals surface area contributed by atoms with Crippen molar-refractivity contribution in [1.29, 1.82) is 0 Å². The van der Waals surface area contributed by atoms with Gasteiger partial charge in [0.05, 0.1) is 13.7 Å². The lowest BCUT2D eigenvalue weighted by Gasteiger charge is -2.47. The highest BCUT2D eigenvalue weighted by atomic mass is 28.4. The first kappa shape index (κ1) is 34.3. The number of hydrogen-bond donors (Lipinski definition) is 0. The number of hydrogen-bond acceptors (Lipinski definition) is 5. The van der Waals surface area contributed by atoms with Crippen LogP contribution in [0.4, 0.5) is 0 Å². The van der Waals surface area contributed by atoms with Gasteiger partial charge in [-0.05, 0) is 78.2 Å². The lowest BCUT2D eigenvalue weighted by atomic mass is 10.0. The summed E-state index contributed by atoms with van der Waals surface area (Å²) in [6.07, 6.45) is 1.29. The second-order valence-electron chi connectivity index (χ2n) is 15.7. The fraction of sp³-hybridized carbons (Fsp3) is 0.742. The van der Waals surface area contributed by atoms with Crippen LogP contribution in [-0.4, -0.2) is 50.9 Å². The maximum atomic E-state index is 7.16. The topological polar surface area (TPSA) is 46.2 Å². The average Bonchev–Trinajstić information content (AvgIpc) is 2.76. The lowest BCUT2D eigenvalue weighted by molar-refractivity contribution is -0.0907. The minimum Gasteiger partial charge on any atom is -0.545 e. The summed E-state index contributed by atoms with van der Waals surface area (Å²) in [5.41, 5.74) is 1.07. The van der Waals surface area contributed by atoms with Crippen molar-refractivity contribution in [3.05, 3.63) is 41.7 Å². The van der Waals surface area contributed by atoms with Gasteiger partial charge in [-0.15, -0.1) is 0 Å². The molecule has 1 aromatic rings. The monoisotopic (exact) mass is 594 g/mol. The third-order valence-corrected chi connectivity index (χ3v) is 22.8. The molecule has 0 N–H and O–H groups in total. The molecule has 0 amide bonds. The van der Waals surface area contributed by atoms with E-state index in [9.17, 15) is 0 Å². The van der Waals surface area contributed by atoms with Crippen molar-refractivity contribution < 1.29 is 22.8 Å². The molecule has 0 aliphatic carbocycles. The molecule has 0 unspecified atom stereocenters. The molecule has 2 rings (SSSR count). The molecule has 0 spiro atoms. The molecule has 3 atom stereocenters. The van der Waals surface area contributed by atoms with Crippen LogP contribution in [-0.2, 0) is 18.0 Å². The molecule has 1 aliphatic heterocycles. The minimum atomic E-state index is -2.17. The Hall–Kier alpha value is -0.909. The largest absolute Gasteiger partial charge is 0.545 e. The summed E-state index contributed by atoms with van der Waals surface area (Å²) in [5.74, 6) is 1.73. The van der Waals surface area contributed by atoms with Crippen LogP contribution in [0, 0.1) is 0 Å². The van der Waals surface area contributed by atoms with Crippen molar-refractivity contribution in [2.45, 2.75) is 135 Å². The molecule has 1 aromatic carbocycles. The molecule has 8 heteroatoms. The van der Waals surface area contributed by atoms with E-state index in [4.69, 9.17) is 22.8 Å². The van der Waals surface area contributed by atoms with Gasteiger partial charge in [-0.2, -0.15) is 0 Å². The summed E-state index contributed by atoms with van der Waals surface area (Å²) in [5, 5.41) is 0.201. The average molecular weight is 595 g/mol. The minimum absolute atomic E-state index is 0.0484. The van der Waals surface area contributed by atoms with Gasteiger partial charge >= 0.3 is 0 Å². The highest BCUT2D eigenvalue weighted by Gasteiger charge is 2.48. The van der Waals surface area contributed by atoms with Crippen LogP contribution in [0.2, 0.25) is 54.4 Å². The van der Waals surface area contributed by atoms with E-state index in [1.807, 2.05) is 12.1 Å². The third kappa shape index (κ3) is 8.32. The van der Waals surface area contributed by atoms with Gasteiger partial charge in [-0.25, -0.2) is 0 Å². The van der Waals surface area contributed by atoms with Gasteiger partial charge in [0.2, 0.25) is 8.32 Å². The summed E-state index contributed by atoms with van der Waals surface area (Å²) < 4.78 is 33.3. The van der Waals surface area contributed by atoms with Gasteiger partial charge in [-0.3, -0.25) is 0 Å². The SMILES string of the molecule is COc1ccc([C@@H]2C=C(O[Si](C)(C)C(C)(C)C)[C@H](O[Si](C)(C)C(C)(C)C)[C@@H](CO[Si](C)(C)C(C)(C)C)O2)cc1. The zero-order valence-electron chi connectivity index (χ0n) is 27.9. The number of ether oxygens (including phenoxy) is 2. The second-order valence-corrected chi connectivity index (χ2v) is 30.0. The van der Waals surface area contributed by atoms with Crippen molar-refractivity contribution in [3.8, 4) is 5.75 Å². The highest BCUT2D eigenvalue weighted by Crippen LogP contribution is 2.45. The Bertz CT molecular complexity index is 979. The third-order valence-electron chi connectivity index (χ3n) is 9.52. The molecule has 39 heavy (non-hydrogen) atoms. The molecule has 1 heterocycles. The lowest BCUT2D eigenvalue weighted by Crippen LogP contribution is -2.54. The van der Waals surface area contributed by atoms with E-state index in [1.54, 1.807) is 7.11 Å². The van der Waals surface area contributed by atoms with Crippen LogP contribution in [0.15, 0.2) is 36.1 Å². The molecule has 224 valence electrons. The van der Waals surface area contributed by atoms with E-state index in [2.05, 4.69) is 120 Å². The zero-order valence-corrected chi connectivity index (χ0v) is 30.9. The second kappa shape index (κ2) is 11.8. The van der Waals surface area contributed by atoms with Crippen molar-refractivity contribution >= 4 is 25.0 Å². The van der Waals surface area contributed by atoms with Crippen LogP contribution in [0.3, 0.4) is 0 Å². The van der Waals surface area contributed by atoms with Gasteiger partial charge < -0.3 is 22.8 Å². The van der Waals surface area contributed by atoms with E-state index in [1.165, 1.54) is 0 Å². The quantitative estimate of drug-likeness (QED) is 0.266. The van der Waals surface area contributed by atoms with Crippen LogP contribution in [0.25, 0.3) is 0 Å². The molecule has 0 bridgehead atoms. The van der Waals surface area contributed by atoms with Crippen molar-refractivity contribution in [1.82, 2.24) is 0 Å². The molecule has 5 nitrogen and oxygen atoms in total. The van der Waals surface area contributed by atoms with Crippen LogP contribution in [0.5, 0.6) is 5.75 Å². The molecule has 0 saturated carbocycles. The highest BCUT2D eigenvalue weighted by molar-refractivity contribution is 6.75. The van der Waals surface area contributed by atoms with E-state index >= 15 is 0 Å². The van der Waals surface area contributed by atoms with Gasteiger partial charge in [0.1, 0.15) is 29.8 Å². The van der Waals surface area contributed by atoms with E-state index in [-0.39, 0.29) is 33.4 Å². The molecular weight excluding hydrogens is 537 g/mol. The fourth-order valence-corrected chi connectivity index (χ4v) is 6.85. The Balaban J connectivity index is 2.63. The number of methoxy groups -OCH3 is 1. The predicted octanol–water partition coefficient (Wildman–Crippen LogP) is 9.45. The molecular formula is C31H58O5Si3. The van der Waals surface area contributed by atoms with Gasteiger partial charge in [0.15, 0.2) is 16.6 Å². The van der Waals surface area contributed by atoms with Crippen LogP contribution in [0.1, 0.15) is 74.0 Å². The van der Waals surface area contributed by atoms with Crippen LogP contribution < -0.4 is 4.74 Å². The van der Waals surface area contributed by atoms with Gasteiger partial charge in [0.25, 0.3) is 0 Å². The summed E-state index contributed by atoms with van der Waals surface area (Å²) in [6.45, 7) is 34.8. The number of rotatable bonds is 9. The number of benzene rings is 1. The normalized spacial score (nSPS) is 21.9. The molecule has 0 radical (unpaired) electrons. The fourth-order valence-electron chi connectivity index (χ4n) is 3.50. The van der Waals surface area contributed by atoms with Crippen molar-refractivity contribution in [2.24, 2.45) is 0 Å². The predicted molar refractivity (Wildman–Crippen MR) is 172 cm³/mol. The van der Waals surface area contributed by atoms with E-state index in [0.717, 1.165) is 17.1 Å². The van der Waals surface area contributed by atoms with E-state index in [0.29, 0.717) is 6.61 Å². The first-order chi connectivity index (χ1) is 17.4. The van der Waals surface area contributed by atoms with Crippen molar-refractivity contribution in [2.75, 3.05) is 13.7 Å². The Morgan fingerprint density at radius 2 is 1.21 bits per heavy atom. The summed E-state index contributed by atoms with van der Waals surface area (Å²) >= 11 is 0. The summed E-state index contributed by atoms with van der Waals surface area (Å²) in [7, 11) is -4.66. The smallest absolute Gasteiger partial charge is 0.250 e. The summed E-state index contributed by atoms with van der Waals surface area (Å²) in [4.78, 5) is 0. The van der Waals surface area contributed by atoms with Crippen molar-refractivity contribution in [3.63, 3.8) is 0 Å². The Labute approximate surface area is 243 Å². The maximum Gasteiger partial charge on any atom is 0.250 e. The maximum absolute atomic E-state index is 7.16. The Morgan fingerprint density at radius 3 is 1.64 bits per heavy atom. The molecule has 0 saturated heterocycles. The van der Waals surface area contributed by atoms with Gasteiger partial charge in [-0.1, -0.05) is 74.4 Å². The molecule has 1 aliphatic rings. The molecule has 0 aromatic heterocycles. The van der Waals surface area contributed by atoms with Crippen LogP contribution >= 0.6 is 0 Å². The standard InChI is InChI=1S/C31H58O5Si3/c1-29(2,3)37(11,12)33-22-27-28(36-39(15,16)31(7,8)9)26(35-38(13,14)30(4,5)6)21-25(34-27)23-17-19-24(32-10)20-18-23/h17-21,25,27-28H,22H2,1-16H3/t25-,27+,28-/m0/s1. The van der Waals surface area contributed by atoms with Gasteiger partial charge in [0, 0.05) is 0 Å². The Kier molecular flexibility index (Phi) is 10.3. The summed E-state index contributed by atoms with van der Waals surface area (Å²) in [6, 6.07) is 8.12. The van der Waals surface area contributed by atoms with E-state index < -0.39 is 25.0 Å². The zero-order chi connectivity index (χ0) is 30.2. The first-order valence-electron chi connectivity index (χ1n) is 14.4. The molecule has 0 fully saturated rings.